The minimum atomic E-state index is -0.590. The summed E-state index contributed by atoms with van der Waals surface area (Å²) in [6, 6.07) is 2.80. The van der Waals surface area contributed by atoms with E-state index >= 15 is 0 Å². The second-order valence-electron chi connectivity index (χ2n) is 3.14. The van der Waals surface area contributed by atoms with Gasteiger partial charge in [-0.25, -0.2) is 0 Å². The van der Waals surface area contributed by atoms with Gasteiger partial charge in [0.25, 0.3) is 0 Å². The zero-order chi connectivity index (χ0) is 11.5. The van der Waals surface area contributed by atoms with Crippen LogP contribution in [-0.2, 0) is 13.7 Å². The molecule has 2 aromatic rings. The topological polar surface area (TPSA) is 83.3 Å². The van der Waals surface area contributed by atoms with E-state index in [2.05, 4.69) is 5.10 Å². The molecule has 2 aromatic heterocycles. The molecule has 0 spiro atoms. The minimum absolute atomic E-state index is 0.138. The van der Waals surface area contributed by atoms with Crippen molar-refractivity contribution in [2.75, 3.05) is 0 Å². The molecular weight excluding hydrogens is 214 g/mol. The average Bonchev–Trinajstić information content (AvgIpc) is 2.83. The van der Waals surface area contributed by atoms with Crippen LogP contribution in [0.1, 0.15) is 5.76 Å². The zero-order valence-corrected chi connectivity index (χ0v) is 8.49. The van der Waals surface area contributed by atoms with Gasteiger partial charge in [-0.15, -0.1) is 0 Å². The van der Waals surface area contributed by atoms with Gasteiger partial charge >= 0.3 is 5.88 Å². The number of aromatic nitrogens is 2. The molecule has 2 rings (SSSR count). The van der Waals surface area contributed by atoms with Crippen molar-refractivity contribution in [2.24, 2.45) is 7.05 Å². The lowest BCUT2D eigenvalue weighted by Gasteiger charge is -1.98. The van der Waals surface area contributed by atoms with E-state index in [1.54, 1.807) is 24.1 Å². The Balaban J connectivity index is 1.97. The first kappa shape index (κ1) is 10.2. The SMILES string of the molecule is Cn1cc(OCc2ccc([N+](=O)[O-])o2)cn1. The Labute approximate surface area is 90.4 Å². The molecule has 0 fully saturated rings. The molecule has 0 bridgehead atoms. The summed E-state index contributed by atoms with van der Waals surface area (Å²) < 4.78 is 11.8. The Bertz CT molecular complexity index is 502. The van der Waals surface area contributed by atoms with Gasteiger partial charge in [-0.2, -0.15) is 5.10 Å². The van der Waals surface area contributed by atoms with Crippen molar-refractivity contribution < 1.29 is 14.1 Å². The van der Waals surface area contributed by atoms with Gasteiger partial charge in [0.2, 0.25) is 0 Å². The van der Waals surface area contributed by atoms with E-state index < -0.39 is 4.92 Å². The molecular formula is C9H9N3O4. The summed E-state index contributed by atoms with van der Waals surface area (Å²) in [5.41, 5.74) is 0. The first-order chi connectivity index (χ1) is 7.65. The van der Waals surface area contributed by atoms with E-state index in [0.717, 1.165) is 0 Å². The molecule has 0 unspecified atom stereocenters. The Kier molecular flexibility index (Phi) is 2.59. The van der Waals surface area contributed by atoms with E-state index in [1.807, 2.05) is 0 Å². The molecule has 0 saturated carbocycles. The largest absolute Gasteiger partial charge is 0.482 e. The smallest absolute Gasteiger partial charge is 0.433 e. The third-order valence-electron chi connectivity index (χ3n) is 1.89. The number of hydrogen-bond acceptors (Lipinski definition) is 5. The first-order valence-electron chi connectivity index (χ1n) is 4.50. The van der Waals surface area contributed by atoms with E-state index in [0.29, 0.717) is 11.5 Å². The number of rotatable bonds is 4. The lowest BCUT2D eigenvalue weighted by atomic mass is 10.5. The summed E-state index contributed by atoms with van der Waals surface area (Å²) >= 11 is 0. The van der Waals surface area contributed by atoms with Gasteiger partial charge in [-0.3, -0.25) is 14.8 Å². The van der Waals surface area contributed by atoms with Crippen LogP contribution in [0.15, 0.2) is 28.9 Å². The second kappa shape index (κ2) is 4.05. The van der Waals surface area contributed by atoms with E-state index in [9.17, 15) is 10.1 Å². The zero-order valence-electron chi connectivity index (χ0n) is 8.49. The third-order valence-corrected chi connectivity index (χ3v) is 1.89. The van der Waals surface area contributed by atoms with Gasteiger partial charge in [-0.1, -0.05) is 0 Å². The molecule has 0 amide bonds. The Morgan fingerprint density at radius 1 is 1.62 bits per heavy atom. The van der Waals surface area contributed by atoms with Crippen LogP contribution in [0, 0.1) is 10.1 Å². The minimum Gasteiger partial charge on any atom is -0.482 e. The maximum Gasteiger partial charge on any atom is 0.433 e. The number of nitro groups is 1. The molecule has 0 N–H and O–H groups in total. The van der Waals surface area contributed by atoms with Crippen LogP contribution in [0.3, 0.4) is 0 Å². The molecule has 0 saturated heterocycles. The van der Waals surface area contributed by atoms with E-state index in [4.69, 9.17) is 9.15 Å². The highest BCUT2D eigenvalue weighted by Crippen LogP contribution is 2.17. The van der Waals surface area contributed by atoms with Crippen LogP contribution >= 0.6 is 0 Å². The first-order valence-corrected chi connectivity index (χ1v) is 4.50. The maximum absolute atomic E-state index is 10.3. The van der Waals surface area contributed by atoms with Crippen molar-refractivity contribution in [3.05, 3.63) is 40.4 Å². The molecule has 0 atom stereocenters. The fraction of sp³-hybridized carbons (Fsp3) is 0.222. The van der Waals surface area contributed by atoms with Gasteiger partial charge < -0.3 is 9.15 Å². The van der Waals surface area contributed by atoms with Crippen molar-refractivity contribution in [3.63, 3.8) is 0 Å². The predicted molar refractivity (Wildman–Crippen MR) is 52.9 cm³/mol. The molecule has 0 aliphatic carbocycles. The van der Waals surface area contributed by atoms with Crippen molar-refractivity contribution in [1.29, 1.82) is 0 Å². The quantitative estimate of drug-likeness (QED) is 0.579. The molecule has 7 nitrogen and oxygen atoms in total. The number of nitrogens with zero attached hydrogens (tertiary/aromatic N) is 3. The number of ether oxygens (including phenoxy) is 1. The van der Waals surface area contributed by atoms with Crippen molar-refractivity contribution >= 4 is 5.88 Å². The number of furan rings is 1. The van der Waals surface area contributed by atoms with Gasteiger partial charge in [0.1, 0.15) is 17.3 Å². The summed E-state index contributed by atoms with van der Waals surface area (Å²) in [5, 5.41) is 14.3. The van der Waals surface area contributed by atoms with Gasteiger partial charge in [0.15, 0.2) is 5.75 Å². The molecule has 0 radical (unpaired) electrons. The van der Waals surface area contributed by atoms with Crippen LogP contribution in [0.2, 0.25) is 0 Å². The maximum atomic E-state index is 10.3. The lowest BCUT2D eigenvalue weighted by Crippen LogP contribution is -1.92. The van der Waals surface area contributed by atoms with Crippen molar-refractivity contribution in [1.82, 2.24) is 9.78 Å². The van der Waals surface area contributed by atoms with Gasteiger partial charge in [0.05, 0.1) is 18.5 Å². The molecule has 0 aliphatic rings. The van der Waals surface area contributed by atoms with Gasteiger partial charge in [-0.05, 0) is 6.07 Å². The van der Waals surface area contributed by atoms with Gasteiger partial charge in [0, 0.05) is 7.05 Å². The van der Waals surface area contributed by atoms with E-state index in [-0.39, 0.29) is 12.5 Å². The lowest BCUT2D eigenvalue weighted by molar-refractivity contribution is -0.402. The summed E-state index contributed by atoms with van der Waals surface area (Å²) in [6.45, 7) is 0.138. The van der Waals surface area contributed by atoms with E-state index in [1.165, 1.54) is 12.1 Å². The van der Waals surface area contributed by atoms with Crippen LogP contribution in [-0.4, -0.2) is 14.7 Å². The molecule has 84 valence electrons. The Morgan fingerprint density at radius 3 is 3.00 bits per heavy atom. The highest BCUT2D eigenvalue weighted by atomic mass is 16.6. The van der Waals surface area contributed by atoms with Crippen molar-refractivity contribution in [2.45, 2.75) is 6.61 Å². The molecule has 7 heteroatoms. The summed E-state index contributed by atoms with van der Waals surface area (Å²) in [6.07, 6.45) is 3.24. The van der Waals surface area contributed by atoms with Crippen LogP contribution in [0.25, 0.3) is 0 Å². The standard InChI is InChI=1S/C9H9N3O4/c1-11-5-8(4-10-11)15-6-7-2-3-9(16-7)12(13)14/h2-5H,6H2,1H3. The highest BCUT2D eigenvalue weighted by molar-refractivity contribution is 5.18. The van der Waals surface area contributed by atoms with Crippen LogP contribution in [0.4, 0.5) is 5.88 Å². The summed E-state index contributed by atoms with van der Waals surface area (Å²) in [5.74, 6) is 0.696. The second-order valence-corrected chi connectivity index (χ2v) is 3.14. The molecule has 2 heterocycles. The number of hydrogen-bond donors (Lipinski definition) is 0. The fourth-order valence-corrected chi connectivity index (χ4v) is 1.17. The van der Waals surface area contributed by atoms with Crippen LogP contribution in [0.5, 0.6) is 5.75 Å². The fourth-order valence-electron chi connectivity index (χ4n) is 1.17. The Hall–Kier alpha value is -2.31. The molecule has 16 heavy (non-hydrogen) atoms. The summed E-state index contributed by atoms with van der Waals surface area (Å²) in [7, 11) is 1.77. The van der Waals surface area contributed by atoms with Crippen molar-refractivity contribution in [3.8, 4) is 5.75 Å². The summed E-state index contributed by atoms with van der Waals surface area (Å²) in [4.78, 5) is 9.76. The predicted octanol–water partition coefficient (Wildman–Crippen LogP) is 1.50. The third kappa shape index (κ3) is 2.19. The normalized spacial score (nSPS) is 10.3. The molecule has 0 aromatic carbocycles. The Morgan fingerprint density at radius 2 is 2.44 bits per heavy atom. The number of aryl methyl sites for hydroxylation is 1. The van der Waals surface area contributed by atoms with Crippen LogP contribution < -0.4 is 4.74 Å². The average molecular weight is 223 g/mol. The molecule has 0 aliphatic heterocycles. The highest BCUT2D eigenvalue weighted by Gasteiger charge is 2.12. The monoisotopic (exact) mass is 223 g/mol.